The van der Waals surface area contributed by atoms with E-state index in [2.05, 4.69) is 13.8 Å². The Hall–Kier alpha value is -0.980. The average Bonchev–Trinajstić information content (AvgIpc) is 2.08. The summed E-state index contributed by atoms with van der Waals surface area (Å²) in [6.07, 6.45) is 0.983. The van der Waals surface area contributed by atoms with Crippen molar-refractivity contribution in [1.29, 1.82) is 0 Å². The molecule has 1 heteroatoms. The number of benzene rings is 1. The molecule has 0 spiro atoms. The molecule has 0 aliphatic carbocycles. The summed E-state index contributed by atoms with van der Waals surface area (Å²) in [6.45, 7) is 4.12. The highest BCUT2D eigenvalue weighted by molar-refractivity contribution is 5.34. The fourth-order valence-electron chi connectivity index (χ4n) is 1.05. The predicted octanol–water partition coefficient (Wildman–Crippen LogP) is 2.91. The summed E-state index contributed by atoms with van der Waals surface area (Å²) in [5.41, 5.74) is 0.880. The highest BCUT2D eigenvalue weighted by Gasteiger charge is 2.05. The van der Waals surface area contributed by atoms with Crippen molar-refractivity contribution >= 4 is 0 Å². The van der Waals surface area contributed by atoms with Gasteiger partial charge in [0, 0.05) is 0 Å². The first-order valence-electron chi connectivity index (χ1n) is 4.44. The van der Waals surface area contributed by atoms with Crippen molar-refractivity contribution in [3.8, 4) is 5.75 Å². The van der Waals surface area contributed by atoms with E-state index in [0.717, 1.165) is 12.0 Å². The molecule has 0 aliphatic rings. The quantitative estimate of drug-likeness (QED) is 0.690. The van der Waals surface area contributed by atoms with Crippen LogP contribution in [0.15, 0.2) is 24.2 Å². The Morgan fingerprint density at radius 1 is 1.64 bits per heavy atom. The summed E-state index contributed by atoms with van der Waals surface area (Å²) in [4.78, 5) is 0. The minimum Gasteiger partial charge on any atom is -0.508 e. The zero-order valence-electron chi connectivity index (χ0n) is 7.96. The van der Waals surface area contributed by atoms with Crippen LogP contribution in [0.4, 0.5) is 0 Å². The minimum atomic E-state index is 0.306. The van der Waals surface area contributed by atoms with Gasteiger partial charge in [-0.25, -0.2) is 0 Å². The molecule has 0 fully saturated rings. The van der Waals surface area contributed by atoms with Crippen LogP contribution in [0.1, 0.15) is 33.1 Å². The van der Waals surface area contributed by atoms with Crippen LogP contribution in [0.5, 0.6) is 5.75 Å². The highest BCUT2D eigenvalue weighted by atomic mass is 16.3. The molecule has 1 unspecified atom stereocenters. The number of para-hydroxylation sites is 1. The molecule has 1 atom stereocenters. The van der Waals surface area contributed by atoms with Crippen molar-refractivity contribution in [3.63, 3.8) is 0 Å². The Balaban J connectivity index is 3.04. The van der Waals surface area contributed by atoms with Gasteiger partial charge in [-0.05, 0) is 24.0 Å². The van der Waals surface area contributed by atoms with Gasteiger partial charge in [-0.15, -0.1) is 0 Å². The summed E-state index contributed by atoms with van der Waals surface area (Å²) >= 11 is 0. The van der Waals surface area contributed by atoms with Crippen LogP contribution in [-0.2, 0) is 0 Å². The number of aromatic hydroxyl groups is 1. The monoisotopic (exact) mass is 152 g/mol. The third kappa shape index (κ3) is 1.73. The maximum Gasteiger partial charge on any atom is 0.119 e. The Morgan fingerprint density at radius 2 is 2.36 bits per heavy atom. The summed E-state index contributed by atoms with van der Waals surface area (Å²) in [6, 6.07) is 5.37. The Bertz CT molecular complexity index is 271. The number of hydrogen-bond acceptors (Lipinski definition) is 1. The lowest BCUT2D eigenvalue weighted by atomic mass is 9.98. The summed E-state index contributed by atoms with van der Waals surface area (Å²) in [7, 11) is 0. The van der Waals surface area contributed by atoms with E-state index in [1.165, 1.54) is 0 Å². The van der Waals surface area contributed by atoms with Crippen LogP contribution in [0.3, 0.4) is 0 Å². The molecule has 0 heterocycles. The van der Waals surface area contributed by atoms with Gasteiger partial charge in [-0.2, -0.15) is 0 Å². The molecule has 1 N–H and O–H groups in total. The molecule has 1 aromatic rings. The lowest BCUT2D eigenvalue weighted by Gasteiger charge is -2.09. The second-order valence-electron chi connectivity index (χ2n) is 2.79. The van der Waals surface area contributed by atoms with Crippen molar-refractivity contribution in [2.75, 3.05) is 0 Å². The van der Waals surface area contributed by atoms with Crippen LogP contribution in [0, 0.1) is 0 Å². The second kappa shape index (κ2) is 3.42. The van der Waals surface area contributed by atoms with Gasteiger partial charge in [0.05, 0.1) is 1.37 Å². The van der Waals surface area contributed by atoms with Crippen molar-refractivity contribution in [3.05, 3.63) is 29.8 Å². The average molecular weight is 152 g/mol. The molecule has 0 amide bonds. The topological polar surface area (TPSA) is 20.2 Å². The van der Waals surface area contributed by atoms with E-state index in [-0.39, 0.29) is 0 Å². The first-order valence-corrected chi connectivity index (χ1v) is 3.94. The number of phenolic OH excluding ortho intramolecular Hbond substituents is 1. The van der Waals surface area contributed by atoms with Crippen molar-refractivity contribution < 1.29 is 6.48 Å². The maximum absolute atomic E-state index is 9.45. The van der Waals surface area contributed by atoms with Gasteiger partial charge < -0.3 is 5.11 Å². The number of phenols is 1. The van der Waals surface area contributed by atoms with E-state index >= 15 is 0 Å². The molecular formula is C10H14O. The van der Waals surface area contributed by atoms with Crippen LogP contribution in [0.2, 0.25) is 0 Å². The summed E-state index contributed by atoms with van der Waals surface area (Å²) < 4.78 is 7.39. The van der Waals surface area contributed by atoms with Gasteiger partial charge >= 0.3 is 0 Å². The van der Waals surface area contributed by atoms with Gasteiger partial charge in [0.2, 0.25) is 0 Å². The SMILES string of the molecule is [3H]c1ccc(O)c(C(C)CC)c1. The Kier molecular flexibility index (Phi) is 2.09. The van der Waals surface area contributed by atoms with Gasteiger partial charge in [-0.3, -0.25) is 0 Å². The van der Waals surface area contributed by atoms with E-state index in [0.29, 0.717) is 17.7 Å². The van der Waals surface area contributed by atoms with Crippen LogP contribution < -0.4 is 0 Å². The van der Waals surface area contributed by atoms with Gasteiger partial charge in [0.15, 0.2) is 0 Å². The Morgan fingerprint density at radius 3 is 3.00 bits per heavy atom. The van der Waals surface area contributed by atoms with Crippen LogP contribution >= 0.6 is 0 Å². The fourth-order valence-corrected chi connectivity index (χ4v) is 1.05. The molecule has 0 aromatic heterocycles. The molecule has 1 nitrogen and oxygen atoms in total. The van der Waals surface area contributed by atoms with Crippen molar-refractivity contribution in [2.45, 2.75) is 26.2 Å². The molecule has 60 valence electrons. The molecule has 11 heavy (non-hydrogen) atoms. The lowest BCUT2D eigenvalue weighted by molar-refractivity contribution is 0.462. The van der Waals surface area contributed by atoms with Crippen LogP contribution in [0.25, 0.3) is 0 Å². The van der Waals surface area contributed by atoms with Gasteiger partial charge in [0.25, 0.3) is 0 Å². The van der Waals surface area contributed by atoms with Crippen molar-refractivity contribution in [2.24, 2.45) is 0 Å². The molecule has 1 aromatic carbocycles. The highest BCUT2D eigenvalue weighted by Crippen LogP contribution is 2.26. The third-order valence-electron chi connectivity index (χ3n) is 2.02. The molecule has 0 bridgehead atoms. The zero-order chi connectivity index (χ0) is 9.14. The van der Waals surface area contributed by atoms with E-state index in [1.54, 1.807) is 18.2 Å². The van der Waals surface area contributed by atoms with E-state index in [4.69, 9.17) is 1.37 Å². The largest absolute Gasteiger partial charge is 0.508 e. The first kappa shape index (κ1) is 6.71. The van der Waals surface area contributed by atoms with E-state index in [9.17, 15) is 5.11 Å². The van der Waals surface area contributed by atoms with Crippen molar-refractivity contribution in [1.82, 2.24) is 0 Å². The molecule has 0 saturated heterocycles. The normalized spacial score (nSPS) is 14.2. The molecule has 0 aliphatic heterocycles. The minimum absolute atomic E-state index is 0.306. The summed E-state index contributed by atoms with van der Waals surface area (Å²) in [5, 5.41) is 9.45. The molecule has 0 saturated carbocycles. The predicted molar refractivity (Wildman–Crippen MR) is 46.8 cm³/mol. The van der Waals surface area contributed by atoms with Gasteiger partial charge in [-0.1, -0.05) is 32.0 Å². The number of hydrogen-bond donors (Lipinski definition) is 1. The third-order valence-corrected chi connectivity index (χ3v) is 2.02. The lowest BCUT2D eigenvalue weighted by Crippen LogP contribution is -1.90. The zero-order valence-corrected chi connectivity index (χ0v) is 6.96. The summed E-state index contributed by atoms with van der Waals surface area (Å²) in [5.74, 6) is 0.635. The fraction of sp³-hybridized carbons (Fsp3) is 0.400. The maximum atomic E-state index is 9.45. The van der Waals surface area contributed by atoms with Gasteiger partial charge in [0.1, 0.15) is 5.75 Å². The number of rotatable bonds is 2. The van der Waals surface area contributed by atoms with E-state index in [1.807, 2.05) is 0 Å². The standard InChI is InChI=1S/C10H14O/c1-3-8(2)9-6-4-5-7-10(9)11/h4-8,11H,3H2,1-2H3/i4T. The smallest absolute Gasteiger partial charge is 0.119 e. The molecule has 0 radical (unpaired) electrons. The van der Waals surface area contributed by atoms with Crippen LogP contribution in [-0.4, -0.2) is 5.11 Å². The Labute approximate surface area is 69.1 Å². The second-order valence-corrected chi connectivity index (χ2v) is 2.79. The molecule has 1 rings (SSSR count). The first-order chi connectivity index (χ1) is 5.65. The molecular weight excluding hydrogens is 136 g/mol. The van der Waals surface area contributed by atoms with E-state index < -0.39 is 0 Å².